The fraction of sp³-hybridized carbons (Fsp3) is 0.0833. The number of H-pyrrole nitrogens is 1. The highest BCUT2D eigenvalue weighted by molar-refractivity contribution is 5.91. The standard InChI is InChI=1S/C24H20N2O2/c27-23(28-18-19-10-4-1-5-11-19)24(22-25-16-17-26-22,20-12-6-2-7-13-20)21-14-8-3-9-15-21/h1-17H,18H2,(H,25,26). The molecule has 0 bridgehead atoms. The van der Waals surface area contributed by atoms with Gasteiger partial charge in [0, 0.05) is 12.4 Å². The summed E-state index contributed by atoms with van der Waals surface area (Å²) in [5, 5.41) is 0. The van der Waals surface area contributed by atoms with Crippen LogP contribution < -0.4 is 0 Å². The van der Waals surface area contributed by atoms with Crippen molar-refractivity contribution in [3.63, 3.8) is 0 Å². The predicted molar refractivity (Wildman–Crippen MR) is 108 cm³/mol. The van der Waals surface area contributed by atoms with Gasteiger partial charge in [-0.2, -0.15) is 0 Å². The van der Waals surface area contributed by atoms with Crippen LogP contribution in [0.25, 0.3) is 0 Å². The number of nitrogens with zero attached hydrogens (tertiary/aromatic N) is 1. The monoisotopic (exact) mass is 368 g/mol. The quantitative estimate of drug-likeness (QED) is 0.510. The third-order valence-electron chi connectivity index (χ3n) is 4.79. The largest absolute Gasteiger partial charge is 0.460 e. The topological polar surface area (TPSA) is 55.0 Å². The summed E-state index contributed by atoms with van der Waals surface area (Å²) in [6.45, 7) is 0.196. The second-order valence-electron chi connectivity index (χ2n) is 6.48. The number of esters is 1. The molecule has 4 heteroatoms. The first kappa shape index (κ1) is 17.7. The molecule has 4 nitrogen and oxygen atoms in total. The van der Waals surface area contributed by atoms with Gasteiger partial charge in [0.05, 0.1) is 0 Å². The summed E-state index contributed by atoms with van der Waals surface area (Å²) in [5.74, 6) is 0.159. The average Bonchev–Trinajstić information content (AvgIpc) is 3.30. The zero-order chi connectivity index (χ0) is 19.2. The number of carbonyl (C=O) groups is 1. The van der Waals surface area contributed by atoms with Crippen LogP contribution in [0.4, 0.5) is 0 Å². The molecule has 0 aliphatic heterocycles. The molecule has 0 amide bonds. The Kier molecular flexibility index (Phi) is 5.02. The lowest BCUT2D eigenvalue weighted by Gasteiger charge is -2.31. The van der Waals surface area contributed by atoms with Crippen LogP contribution in [0.3, 0.4) is 0 Å². The van der Waals surface area contributed by atoms with Gasteiger partial charge in [0.15, 0.2) is 5.41 Å². The molecule has 1 aromatic heterocycles. The Morgan fingerprint density at radius 1 is 0.821 bits per heavy atom. The molecule has 0 spiro atoms. The number of aromatic nitrogens is 2. The number of aromatic amines is 1. The number of rotatable bonds is 6. The molecular weight excluding hydrogens is 348 g/mol. The van der Waals surface area contributed by atoms with Crippen LogP contribution in [-0.4, -0.2) is 15.9 Å². The molecule has 28 heavy (non-hydrogen) atoms. The van der Waals surface area contributed by atoms with Gasteiger partial charge in [-0.1, -0.05) is 91.0 Å². The molecule has 138 valence electrons. The van der Waals surface area contributed by atoms with Crippen LogP contribution in [0.1, 0.15) is 22.5 Å². The van der Waals surface area contributed by atoms with Gasteiger partial charge in [-0.3, -0.25) is 4.79 Å². The molecule has 0 radical (unpaired) electrons. The number of carbonyl (C=O) groups excluding carboxylic acids is 1. The van der Waals surface area contributed by atoms with Crippen LogP contribution >= 0.6 is 0 Å². The normalized spacial score (nSPS) is 11.1. The Hall–Kier alpha value is -3.66. The number of nitrogens with one attached hydrogen (secondary N) is 1. The summed E-state index contributed by atoms with van der Waals surface area (Å²) >= 11 is 0. The highest BCUT2D eigenvalue weighted by Crippen LogP contribution is 2.38. The van der Waals surface area contributed by atoms with Gasteiger partial charge < -0.3 is 9.72 Å². The maximum atomic E-state index is 13.7. The van der Waals surface area contributed by atoms with E-state index in [1.54, 1.807) is 12.4 Å². The molecule has 1 N–H and O–H groups in total. The van der Waals surface area contributed by atoms with E-state index in [0.717, 1.165) is 16.7 Å². The van der Waals surface area contributed by atoms with Crippen molar-refractivity contribution in [2.24, 2.45) is 0 Å². The molecule has 0 unspecified atom stereocenters. The first-order chi connectivity index (χ1) is 13.8. The Morgan fingerprint density at radius 3 is 1.86 bits per heavy atom. The highest BCUT2D eigenvalue weighted by Gasteiger charge is 2.47. The van der Waals surface area contributed by atoms with Crippen LogP contribution in [0, 0.1) is 0 Å². The predicted octanol–water partition coefficient (Wildman–Crippen LogP) is 4.49. The first-order valence-corrected chi connectivity index (χ1v) is 9.14. The molecule has 0 saturated carbocycles. The molecule has 0 aliphatic carbocycles. The van der Waals surface area contributed by atoms with E-state index in [4.69, 9.17) is 4.74 Å². The molecule has 0 atom stereocenters. The average molecular weight is 368 g/mol. The lowest BCUT2D eigenvalue weighted by molar-refractivity contribution is -0.149. The van der Waals surface area contributed by atoms with E-state index in [1.807, 2.05) is 91.0 Å². The molecule has 0 fully saturated rings. The molecule has 0 saturated heterocycles. The van der Waals surface area contributed by atoms with Crippen LogP contribution in [0.15, 0.2) is 103 Å². The molecule has 4 aromatic rings. The third kappa shape index (κ3) is 3.21. The Morgan fingerprint density at radius 2 is 1.36 bits per heavy atom. The van der Waals surface area contributed by atoms with Crippen molar-refractivity contribution in [3.05, 3.63) is 126 Å². The van der Waals surface area contributed by atoms with Crippen LogP contribution in [-0.2, 0) is 21.6 Å². The summed E-state index contributed by atoms with van der Waals surface area (Å²) in [6.07, 6.45) is 3.38. The van der Waals surface area contributed by atoms with E-state index in [0.29, 0.717) is 5.82 Å². The zero-order valence-electron chi connectivity index (χ0n) is 15.3. The molecule has 1 heterocycles. The van der Waals surface area contributed by atoms with Gasteiger partial charge in [0.2, 0.25) is 0 Å². The van der Waals surface area contributed by atoms with Gasteiger partial charge in [-0.15, -0.1) is 0 Å². The minimum Gasteiger partial charge on any atom is -0.460 e. The van der Waals surface area contributed by atoms with Gasteiger partial charge in [-0.25, -0.2) is 4.98 Å². The summed E-state index contributed by atoms with van der Waals surface area (Å²) in [7, 11) is 0. The lowest BCUT2D eigenvalue weighted by Crippen LogP contribution is -2.41. The lowest BCUT2D eigenvalue weighted by atomic mass is 9.73. The Balaban J connectivity index is 1.84. The number of ether oxygens (including phenoxy) is 1. The highest BCUT2D eigenvalue weighted by atomic mass is 16.5. The maximum Gasteiger partial charge on any atom is 0.329 e. The van der Waals surface area contributed by atoms with E-state index in [1.165, 1.54) is 0 Å². The van der Waals surface area contributed by atoms with Gasteiger partial charge in [-0.05, 0) is 16.7 Å². The minimum atomic E-state index is -1.18. The number of imidazole rings is 1. The summed E-state index contributed by atoms with van der Waals surface area (Å²) < 4.78 is 5.83. The van der Waals surface area contributed by atoms with Crippen molar-refractivity contribution in [3.8, 4) is 0 Å². The second-order valence-corrected chi connectivity index (χ2v) is 6.48. The SMILES string of the molecule is O=C(OCc1ccccc1)C(c1ccccc1)(c1ccccc1)c1ncc[nH]1. The Bertz CT molecular complexity index is 975. The van der Waals surface area contributed by atoms with Gasteiger partial charge in [0.25, 0.3) is 0 Å². The van der Waals surface area contributed by atoms with Crippen molar-refractivity contribution >= 4 is 5.97 Å². The molecule has 0 aliphatic rings. The first-order valence-electron chi connectivity index (χ1n) is 9.14. The smallest absolute Gasteiger partial charge is 0.329 e. The number of hydrogen-bond donors (Lipinski definition) is 1. The number of hydrogen-bond acceptors (Lipinski definition) is 3. The molecule has 3 aromatic carbocycles. The van der Waals surface area contributed by atoms with Crippen molar-refractivity contribution in [2.75, 3.05) is 0 Å². The molecule has 4 rings (SSSR count). The summed E-state index contributed by atoms with van der Waals surface area (Å²) in [5.41, 5.74) is 1.36. The van der Waals surface area contributed by atoms with Crippen molar-refractivity contribution in [1.29, 1.82) is 0 Å². The van der Waals surface area contributed by atoms with E-state index in [2.05, 4.69) is 9.97 Å². The third-order valence-corrected chi connectivity index (χ3v) is 4.79. The summed E-state index contributed by atoms with van der Waals surface area (Å²) in [4.78, 5) is 21.3. The van der Waals surface area contributed by atoms with E-state index in [-0.39, 0.29) is 12.6 Å². The summed E-state index contributed by atoms with van der Waals surface area (Å²) in [6, 6.07) is 28.9. The maximum absolute atomic E-state index is 13.7. The second kappa shape index (κ2) is 7.92. The van der Waals surface area contributed by atoms with E-state index >= 15 is 0 Å². The fourth-order valence-electron chi connectivity index (χ4n) is 3.45. The van der Waals surface area contributed by atoms with Crippen molar-refractivity contribution < 1.29 is 9.53 Å². The van der Waals surface area contributed by atoms with Gasteiger partial charge >= 0.3 is 5.97 Å². The van der Waals surface area contributed by atoms with Gasteiger partial charge in [0.1, 0.15) is 12.4 Å². The Labute approximate surface area is 163 Å². The van der Waals surface area contributed by atoms with Crippen molar-refractivity contribution in [2.45, 2.75) is 12.0 Å². The van der Waals surface area contributed by atoms with Crippen LogP contribution in [0.5, 0.6) is 0 Å². The van der Waals surface area contributed by atoms with E-state index in [9.17, 15) is 4.79 Å². The fourth-order valence-corrected chi connectivity index (χ4v) is 3.45. The van der Waals surface area contributed by atoms with Crippen LogP contribution in [0.2, 0.25) is 0 Å². The van der Waals surface area contributed by atoms with Crippen molar-refractivity contribution in [1.82, 2.24) is 9.97 Å². The number of benzene rings is 3. The molecular formula is C24H20N2O2. The zero-order valence-corrected chi connectivity index (χ0v) is 15.3. The van der Waals surface area contributed by atoms with E-state index < -0.39 is 5.41 Å². The minimum absolute atomic E-state index is 0.196.